The second-order valence-corrected chi connectivity index (χ2v) is 4.20. The Bertz CT molecular complexity index is 162. The summed E-state index contributed by atoms with van der Waals surface area (Å²) in [4.78, 5) is 12.8. The lowest BCUT2D eigenvalue weighted by Crippen LogP contribution is -2.35. The van der Waals surface area contributed by atoms with Gasteiger partial charge in [-0.25, -0.2) is 0 Å². The monoisotopic (exact) mass is 187 g/mol. The van der Waals surface area contributed by atoms with E-state index in [-0.39, 0.29) is 11.8 Å². The standard InChI is InChI=1S/C10H21NO2/c1-5-11(6-2)8-10(3,4)7-9(12)13/h5-8H2,1-4H3,(H,12,13). The second-order valence-electron chi connectivity index (χ2n) is 4.20. The molecule has 0 aromatic rings. The molecule has 0 heterocycles. The fraction of sp³-hybridized carbons (Fsp3) is 0.900. The molecule has 3 nitrogen and oxygen atoms in total. The molecular weight excluding hydrogens is 166 g/mol. The van der Waals surface area contributed by atoms with Crippen molar-refractivity contribution in [3.63, 3.8) is 0 Å². The van der Waals surface area contributed by atoms with Gasteiger partial charge in [-0.15, -0.1) is 0 Å². The van der Waals surface area contributed by atoms with E-state index in [1.54, 1.807) is 0 Å². The summed E-state index contributed by atoms with van der Waals surface area (Å²) in [6.45, 7) is 11.0. The van der Waals surface area contributed by atoms with Gasteiger partial charge in [0.05, 0.1) is 6.42 Å². The Morgan fingerprint density at radius 1 is 1.31 bits per heavy atom. The van der Waals surface area contributed by atoms with Crippen LogP contribution in [0.5, 0.6) is 0 Å². The van der Waals surface area contributed by atoms with Crippen LogP contribution in [0, 0.1) is 5.41 Å². The van der Waals surface area contributed by atoms with Gasteiger partial charge in [0.25, 0.3) is 0 Å². The van der Waals surface area contributed by atoms with Crippen molar-refractivity contribution in [2.45, 2.75) is 34.1 Å². The van der Waals surface area contributed by atoms with Crippen LogP contribution in [-0.2, 0) is 4.79 Å². The largest absolute Gasteiger partial charge is 0.481 e. The molecular formula is C10H21NO2. The lowest BCUT2D eigenvalue weighted by molar-refractivity contribution is -0.139. The van der Waals surface area contributed by atoms with Gasteiger partial charge in [0.2, 0.25) is 0 Å². The van der Waals surface area contributed by atoms with Crippen molar-refractivity contribution in [1.29, 1.82) is 0 Å². The molecule has 0 aliphatic heterocycles. The molecule has 0 saturated carbocycles. The first-order chi connectivity index (χ1) is 5.91. The first kappa shape index (κ1) is 12.4. The molecule has 0 radical (unpaired) electrons. The van der Waals surface area contributed by atoms with Crippen molar-refractivity contribution in [2.75, 3.05) is 19.6 Å². The summed E-state index contributed by atoms with van der Waals surface area (Å²) >= 11 is 0. The number of carboxylic acid groups (broad SMARTS) is 1. The number of aliphatic carboxylic acids is 1. The fourth-order valence-electron chi connectivity index (χ4n) is 1.52. The summed E-state index contributed by atoms with van der Waals surface area (Å²) < 4.78 is 0. The van der Waals surface area contributed by atoms with E-state index in [2.05, 4.69) is 18.7 Å². The average Bonchev–Trinajstić information content (AvgIpc) is 1.97. The molecule has 3 heteroatoms. The minimum atomic E-state index is -0.711. The summed E-state index contributed by atoms with van der Waals surface area (Å²) in [6, 6.07) is 0. The second kappa shape index (κ2) is 5.22. The van der Waals surface area contributed by atoms with Crippen LogP contribution in [0.2, 0.25) is 0 Å². The molecule has 0 unspecified atom stereocenters. The molecule has 0 spiro atoms. The molecule has 1 N–H and O–H groups in total. The molecule has 0 amide bonds. The van der Waals surface area contributed by atoms with E-state index >= 15 is 0 Å². The molecule has 0 saturated heterocycles. The molecule has 0 atom stereocenters. The number of nitrogens with zero attached hydrogens (tertiary/aromatic N) is 1. The maximum atomic E-state index is 10.6. The molecule has 0 bridgehead atoms. The van der Waals surface area contributed by atoms with Gasteiger partial charge in [0.15, 0.2) is 0 Å². The Kier molecular flexibility index (Phi) is 4.99. The normalized spacial score (nSPS) is 12.1. The van der Waals surface area contributed by atoms with Gasteiger partial charge in [0, 0.05) is 6.54 Å². The topological polar surface area (TPSA) is 40.5 Å². The van der Waals surface area contributed by atoms with Crippen LogP contribution in [0.3, 0.4) is 0 Å². The third-order valence-electron chi connectivity index (χ3n) is 2.18. The molecule has 0 aromatic heterocycles. The van der Waals surface area contributed by atoms with Crippen LogP contribution in [0.4, 0.5) is 0 Å². The van der Waals surface area contributed by atoms with E-state index in [1.807, 2.05) is 13.8 Å². The zero-order valence-electron chi connectivity index (χ0n) is 9.13. The van der Waals surface area contributed by atoms with E-state index < -0.39 is 5.97 Å². The highest BCUT2D eigenvalue weighted by Crippen LogP contribution is 2.21. The third-order valence-corrected chi connectivity index (χ3v) is 2.18. The maximum absolute atomic E-state index is 10.6. The summed E-state index contributed by atoms with van der Waals surface area (Å²) in [5, 5.41) is 8.69. The van der Waals surface area contributed by atoms with Crippen LogP contribution in [-0.4, -0.2) is 35.6 Å². The molecule has 0 aliphatic carbocycles. The van der Waals surface area contributed by atoms with E-state index in [4.69, 9.17) is 5.11 Å². The van der Waals surface area contributed by atoms with Gasteiger partial charge in [-0.2, -0.15) is 0 Å². The molecule has 78 valence electrons. The van der Waals surface area contributed by atoms with Gasteiger partial charge in [0.1, 0.15) is 0 Å². The van der Waals surface area contributed by atoms with Gasteiger partial charge < -0.3 is 10.0 Å². The SMILES string of the molecule is CCN(CC)CC(C)(C)CC(=O)O. The fourth-order valence-corrected chi connectivity index (χ4v) is 1.52. The molecule has 13 heavy (non-hydrogen) atoms. The predicted molar refractivity (Wildman–Crippen MR) is 53.8 cm³/mol. The van der Waals surface area contributed by atoms with Crippen LogP contribution >= 0.6 is 0 Å². The Balaban J connectivity index is 4.05. The Labute approximate surface area is 80.7 Å². The third kappa shape index (κ3) is 5.64. The van der Waals surface area contributed by atoms with Gasteiger partial charge in [-0.3, -0.25) is 4.79 Å². The lowest BCUT2D eigenvalue weighted by atomic mass is 9.89. The van der Waals surface area contributed by atoms with Crippen molar-refractivity contribution in [3.05, 3.63) is 0 Å². The van der Waals surface area contributed by atoms with Crippen molar-refractivity contribution in [1.82, 2.24) is 4.90 Å². The van der Waals surface area contributed by atoms with Crippen LogP contribution in [0.1, 0.15) is 34.1 Å². The van der Waals surface area contributed by atoms with Crippen molar-refractivity contribution < 1.29 is 9.90 Å². The van der Waals surface area contributed by atoms with Gasteiger partial charge >= 0.3 is 5.97 Å². The number of hydrogen-bond donors (Lipinski definition) is 1. The molecule has 0 aromatic carbocycles. The van der Waals surface area contributed by atoms with Crippen LogP contribution in [0.25, 0.3) is 0 Å². The summed E-state index contributed by atoms with van der Waals surface area (Å²) in [5.41, 5.74) is -0.127. The first-order valence-electron chi connectivity index (χ1n) is 4.85. The first-order valence-corrected chi connectivity index (χ1v) is 4.85. The summed E-state index contributed by atoms with van der Waals surface area (Å²) in [6.07, 6.45) is 0.240. The van der Waals surface area contributed by atoms with Gasteiger partial charge in [-0.05, 0) is 18.5 Å². The van der Waals surface area contributed by atoms with Crippen LogP contribution < -0.4 is 0 Å². The number of carboxylic acids is 1. The Hall–Kier alpha value is -0.570. The highest BCUT2D eigenvalue weighted by atomic mass is 16.4. The van der Waals surface area contributed by atoms with Gasteiger partial charge in [-0.1, -0.05) is 27.7 Å². The lowest BCUT2D eigenvalue weighted by Gasteiger charge is -2.29. The predicted octanol–water partition coefficient (Wildman–Crippen LogP) is 1.83. The van der Waals surface area contributed by atoms with Crippen molar-refractivity contribution in [3.8, 4) is 0 Å². The van der Waals surface area contributed by atoms with Crippen LogP contribution in [0.15, 0.2) is 0 Å². The Morgan fingerprint density at radius 3 is 2.08 bits per heavy atom. The van der Waals surface area contributed by atoms with E-state index in [0.717, 1.165) is 19.6 Å². The number of carbonyl (C=O) groups is 1. The highest BCUT2D eigenvalue weighted by molar-refractivity contribution is 5.67. The quantitative estimate of drug-likeness (QED) is 0.689. The van der Waals surface area contributed by atoms with E-state index in [9.17, 15) is 4.79 Å². The number of rotatable bonds is 6. The zero-order valence-corrected chi connectivity index (χ0v) is 9.13. The maximum Gasteiger partial charge on any atom is 0.303 e. The summed E-state index contributed by atoms with van der Waals surface area (Å²) in [5.74, 6) is -0.711. The highest BCUT2D eigenvalue weighted by Gasteiger charge is 2.23. The van der Waals surface area contributed by atoms with E-state index in [0.29, 0.717) is 0 Å². The zero-order chi connectivity index (χ0) is 10.5. The Morgan fingerprint density at radius 2 is 1.77 bits per heavy atom. The van der Waals surface area contributed by atoms with Crippen molar-refractivity contribution >= 4 is 5.97 Å². The van der Waals surface area contributed by atoms with Crippen molar-refractivity contribution in [2.24, 2.45) is 5.41 Å². The smallest absolute Gasteiger partial charge is 0.303 e. The molecule has 0 aliphatic rings. The molecule has 0 rings (SSSR count). The molecule has 0 fully saturated rings. The minimum Gasteiger partial charge on any atom is -0.481 e. The number of hydrogen-bond acceptors (Lipinski definition) is 2. The average molecular weight is 187 g/mol. The summed E-state index contributed by atoms with van der Waals surface area (Å²) in [7, 11) is 0. The van der Waals surface area contributed by atoms with E-state index in [1.165, 1.54) is 0 Å². The minimum absolute atomic E-state index is 0.127.